The van der Waals surface area contributed by atoms with Crippen LogP contribution in [0.2, 0.25) is 0 Å². The van der Waals surface area contributed by atoms with Gasteiger partial charge >= 0.3 is 6.09 Å². The highest BCUT2D eigenvalue weighted by atomic mass is 79.9. The molecule has 1 aromatic heterocycles. The Bertz CT molecular complexity index is 300. The van der Waals surface area contributed by atoms with Gasteiger partial charge in [0, 0.05) is 10.7 Å². The summed E-state index contributed by atoms with van der Waals surface area (Å²) in [6, 6.07) is 3.58. The zero-order valence-electron chi connectivity index (χ0n) is 7.03. The van der Waals surface area contributed by atoms with E-state index in [0.717, 1.165) is 4.47 Å². The number of ether oxygens (including phenoxy) is 1. The van der Waals surface area contributed by atoms with Crippen LogP contribution in [0.25, 0.3) is 0 Å². The van der Waals surface area contributed by atoms with Crippen LogP contribution in [-0.2, 0) is 4.74 Å². The summed E-state index contributed by atoms with van der Waals surface area (Å²) < 4.78 is 5.61. The molecule has 2 N–H and O–H groups in total. The lowest BCUT2D eigenvalue weighted by Crippen LogP contribution is -2.16. The van der Waals surface area contributed by atoms with Gasteiger partial charge in [-0.15, -0.1) is 0 Å². The number of primary amides is 1. The molecule has 4 nitrogen and oxygen atoms in total. The maximum atomic E-state index is 10.4. The van der Waals surface area contributed by atoms with Crippen molar-refractivity contribution in [3.8, 4) is 0 Å². The largest absolute Gasteiger partial charge is 0.440 e. The minimum Gasteiger partial charge on any atom is -0.440 e. The fourth-order valence-corrected chi connectivity index (χ4v) is 1.10. The van der Waals surface area contributed by atoms with Crippen LogP contribution < -0.4 is 5.73 Å². The topological polar surface area (TPSA) is 65.2 Å². The number of rotatable bonds is 2. The van der Waals surface area contributed by atoms with E-state index in [-0.39, 0.29) is 0 Å². The summed E-state index contributed by atoms with van der Waals surface area (Å²) in [5, 5.41) is 0. The Kier molecular flexibility index (Phi) is 3.25. The molecule has 1 atom stereocenters. The van der Waals surface area contributed by atoms with Crippen LogP contribution in [0.15, 0.2) is 22.8 Å². The van der Waals surface area contributed by atoms with Crippen LogP contribution in [0, 0.1) is 0 Å². The highest BCUT2D eigenvalue weighted by molar-refractivity contribution is 9.10. The fraction of sp³-hybridized carbons (Fsp3) is 0.250. The molecule has 1 aromatic rings. The lowest BCUT2D eigenvalue weighted by atomic mass is 10.2. The number of aromatic nitrogens is 1. The number of pyridine rings is 1. The third-order valence-corrected chi connectivity index (χ3v) is 1.93. The molecule has 1 rings (SSSR count). The molecule has 1 amide bonds. The van der Waals surface area contributed by atoms with Crippen molar-refractivity contribution >= 4 is 22.0 Å². The number of halogens is 1. The molecule has 0 aliphatic heterocycles. The van der Waals surface area contributed by atoms with Gasteiger partial charge in [0.25, 0.3) is 0 Å². The summed E-state index contributed by atoms with van der Waals surface area (Å²) in [7, 11) is 0. The maximum Gasteiger partial charge on any atom is 0.405 e. The maximum absolute atomic E-state index is 10.4. The van der Waals surface area contributed by atoms with E-state index >= 15 is 0 Å². The van der Waals surface area contributed by atoms with Gasteiger partial charge in [-0.1, -0.05) is 0 Å². The second kappa shape index (κ2) is 4.23. The molecule has 0 aromatic carbocycles. The van der Waals surface area contributed by atoms with E-state index in [4.69, 9.17) is 10.5 Å². The smallest absolute Gasteiger partial charge is 0.405 e. The molecule has 0 aliphatic carbocycles. The molecule has 0 radical (unpaired) electrons. The van der Waals surface area contributed by atoms with Crippen LogP contribution in [0.4, 0.5) is 4.79 Å². The number of nitrogens with zero attached hydrogens (tertiary/aromatic N) is 1. The number of nitrogens with two attached hydrogens (primary N) is 1. The van der Waals surface area contributed by atoms with Crippen molar-refractivity contribution in [3.63, 3.8) is 0 Å². The van der Waals surface area contributed by atoms with E-state index in [2.05, 4.69) is 20.9 Å². The van der Waals surface area contributed by atoms with Crippen molar-refractivity contribution < 1.29 is 9.53 Å². The van der Waals surface area contributed by atoms with Gasteiger partial charge < -0.3 is 10.5 Å². The van der Waals surface area contributed by atoms with Crippen LogP contribution in [-0.4, -0.2) is 11.1 Å². The number of hydrogen-bond acceptors (Lipinski definition) is 3. The summed E-state index contributed by atoms with van der Waals surface area (Å²) in [6.45, 7) is 1.71. The number of carbonyl (C=O) groups excluding carboxylic acids is 1. The van der Waals surface area contributed by atoms with Crippen LogP contribution >= 0.6 is 15.9 Å². The first-order chi connectivity index (χ1) is 6.09. The SMILES string of the molecule is CC(OC(N)=O)c1ccc(Br)cn1. The van der Waals surface area contributed by atoms with Crippen molar-refractivity contribution in [2.24, 2.45) is 5.73 Å². The molecule has 1 unspecified atom stereocenters. The Labute approximate surface area is 84.2 Å². The average Bonchev–Trinajstić information content (AvgIpc) is 2.04. The molecule has 0 bridgehead atoms. The first kappa shape index (κ1) is 9.98. The lowest BCUT2D eigenvalue weighted by Gasteiger charge is -2.09. The molecular formula is C8H9BrN2O2. The quantitative estimate of drug-likeness (QED) is 0.866. The van der Waals surface area contributed by atoms with Gasteiger partial charge in [0.05, 0.1) is 5.69 Å². The van der Waals surface area contributed by atoms with E-state index in [0.29, 0.717) is 5.69 Å². The predicted molar refractivity (Wildman–Crippen MR) is 51.0 cm³/mol. The monoisotopic (exact) mass is 244 g/mol. The molecule has 13 heavy (non-hydrogen) atoms. The van der Waals surface area contributed by atoms with E-state index in [1.807, 2.05) is 6.07 Å². The number of carbonyl (C=O) groups is 1. The van der Waals surface area contributed by atoms with Gasteiger partial charge in [-0.25, -0.2) is 4.79 Å². The summed E-state index contributed by atoms with van der Waals surface area (Å²) >= 11 is 3.25. The van der Waals surface area contributed by atoms with E-state index in [1.54, 1.807) is 19.2 Å². The van der Waals surface area contributed by atoms with Gasteiger partial charge in [0.15, 0.2) is 0 Å². The van der Waals surface area contributed by atoms with Crippen molar-refractivity contribution in [2.45, 2.75) is 13.0 Å². The van der Waals surface area contributed by atoms with Gasteiger partial charge in [-0.3, -0.25) is 4.98 Å². The normalized spacial score (nSPS) is 12.2. The van der Waals surface area contributed by atoms with Crippen LogP contribution in [0.1, 0.15) is 18.7 Å². The van der Waals surface area contributed by atoms with Gasteiger partial charge in [0.1, 0.15) is 6.10 Å². The molecule has 1 heterocycles. The first-order valence-corrected chi connectivity index (χ1v) is 4.46. The second-order valence-corrected chi connectivity index (χ2v) is 3.40. The molecular weight excluding hydrogens is 236 g/mol. The standard InChI is InChI=1S/C8H9BrN2O2/c1-5(13-8(10)12)7-3-2-6(9)4-11-7/h2-5H,1H3,(H2,10,12). The zero-order chi connectivity index (χ0) is 9.84. The van der Waals surface area contributed by atoms with E-state index in [1.165, 1.54) is 0 Å². The second-order valence-electron chi connectivity index (χ2n) is 2.48. The lowest BCUT2D eigenvalue weighted by molar-refractivity contribution is 0.114. The Morgan fingerprint density at radius 1 is 1.69 bits per heavy atom. The average molecular weight is 245 g/mol. The Morgan fingerprint density at radius 3 is 2.85 bits per heavy atom. The van der Waals surface area contributed by atoms with Crippen LogP contribution in [0.5, 0.6) is 0 Å². The van der Waals surface area contributed by atoms with Crippen molar-refractivity contribution in [1.82, 2.24) is 4.98 Å². The molecule has 0 fully saturated rings. The number of amides is 1. The molecule has 0 saturated heterocycles. The first-order valence-electron chi connectivity index (χ1n) is 3.67. The summed E-state index contributed by atoms with van der Waals surface area (Å²) in [5.41, 5.74) is 5.53. The molecule has 5 heteroatoms. The Morgan fingerprint density at radius 2 is 2.38 bits per heavy atom. The van der Waals surface area contributed by atoms with Crippen LogP contribution in [0.3, 0.4) is 0 Å². The van der Waals surface area contributed by atoms with Gasteiger partial charge in [-0.2, -0.15) is 0 Å². The van der Waals surface area contributed by atoms with Gasteiger partial charge in [0.2, 0.25) is 0 Å². The summed E-state index contributed by atoms with van der Waals surface area (Å²) in [6.07, 6.45) is 0.429. The highest BCUT2D eigenvalue weighted by Gasteiger charge is 2.09. The Balaban J connectivity index is 2.71. The third-order valence-electron chi connectivity index (χ3n) is 1.46. The minimum atomic E-state index is -0.794. The van der Waals surface area contributed by atoms with E-state index in [9.17, 15) is 4.79 Å². The molecule has 0 saturated carbocycles. The van der Waals surface area contributed by atoms with Crippen molar-refractivity contribution in [1.29, 1.82) is 0 Å². The molecule has 0 aliphatic rings. The fourth-order valence-electron chi connectivity index (χ4n) is 0.862. The zero-order valence-corrected chi connectivity index (χ0v) is 8.61. The summed E-state index contributed by atoms with van der Waals surface area (Å²) in [5.74, 6) is 0. The molecule has 70 valence electrons. The van der Waals surface area contributed by atoms with Crippen molar-refractivity contribution in [3.05, 3.63) is 28.5 Å². The highest BCUT2D eigenvalue weighted by Crippen LogP contribution is 2.16. The minimum absolute atomic E-state index is 0.411. The predicted octanol–water partition coefficient (Wildman–Crippen LogP) is 2.00. The molecule has 0 spiro atoms. The summed E-state index contributed by atoms with van der Waals surface area (Å²) in [4.78, 5) is 14.5. The van der Waals surface area contributed by atoms with Crippen molar-refractivity contribution in [2.75, 3.05) is 0 Å². The number of hydrogen-bond donors (Lipinski definition) is 1. The van der Waals surface area contributed by atoms with Gasteiger partial charge in [-0.05, 0) is 35.0 Å². The Hall–Kier alpha value is -1.10. The third kappa shape index (κ3) is 3.02. The van der Waals surface area contributed by atoms with E-state index < -0.39 is 12.2 Å².